The Morgan fingerprint density at radius 1 is 0.935 bits per heavy atom. The van der Waals surface area contributed by atoms with Crippen molar-refractivity contribution in [3.8, 4) is 0 Å². The van der Waals surface area contributed by atoms with Crippen LogP contribution in [0.4, 0.5) is 0 Å². The molecule has 0 spiro atoms. The summed E-state index contributed by atoms with van der Waals surface area (Å²) in [4.78, 5) is 47.9. The molecule has 0 radical (unpaired) electrons. The lowest BCUT2D eigenvalue weighted by atomic mass is 9.99. The number of methoxy groups -OCH3 is 2. The van der Waals surface area contributed by atoms with E-state index in [0.717, 1.165) is 0 Å². The first-order chi connectivity index (χ1) is 15.1. The highest BCUT2D eigenvalue weighted by Gasteiger charge is 2.22. The molecule has 180 valence electrons. The molecule has 10 nitrogen and oxygen atoms in total. The number of amides is 3. The highest BCUT2D eigenvalue weighted by atomic mass is 16.5. The average molecular weight is 447 g/mol. The quantitative estimate of drug-likeness (QED) is 0.269. The molecule has 0 aliphatic heterocycles. The van der Waals surface area contributed by atoms with Crippen molar-refractivity contribution < 1.29 is 34.8 Å². The SMILES string of the molecule is [2H]COCC(CC(=O)CNC(=O)CCNC(=O)CCOCC(C)(C)C)C(=O)NCCOC. The monoisotopic (exact) mass is 446 g/mol. The Bertz CT molecular complexity index is 582. The molecule has 0 aromatic carbocycles. The molecule has 0 bridgehead atoms. The number of hydrogen-bond acceptors (Lipinski definition) is 7. The summed E-state index contributed by atoms with van der Waals surface area (Å²) in [6.45, 7) is 7.49. The number of ketones is 1. The van der Waals surface area contributed by atoms with Gasteiger partial charge in [0.1, 0.15) is 0 Å². The van der Waals surface area contributed by atoms with Gasteiger partial charge < -0.3 is 30.2 Å². The van der Waals surface area contributed by atoms with Gasteiger partial charge in [-0.15, -0.1) is 0 Å². The number of Topliss-reactive ketones (excluding diaryl/α,β-unsaturated/α-hetero) is 1. The summed E-state index contributed by atoms with van der Waals surface area (Å²) in [5.41, 5.74) is 0.0362. The molecule has 3 N–H and O–H groups in total. The first-order valence-electron chi connectivity index (χ1n) is 11.1. The van der Waals surface area contributed by atoms with Crippen LogP contribution < -0.4 is 16.0 Å². The number of carbonyl (C=O) groups is 4. The largest absolute Gasteiger partial charge is 0.384 e. The molecular formula is C21H39N3O7. The van der Waals surface area contributed by atoms with Crippen molar-refractivity contribution >= 4 is 23.5 Å². The molecule has 0 aromatic heterocycles. The number of hydrogen-bond donors (Lipinski definition) is 3. The minimum absolute atomic E-state index is 0.0325. The molecule has 0 aliphatic carbocycles. The van der Waals surface area contributed by atoms with Crippen molar-refractivity contribution in [2.45, 2.75) is 40.0 Å². The molecule has 0 saturated carbocycles. The fraction of sp³-hybridized carbons (Fsp3) is 0.810. The van der Waals surface area contributed by atoms with Gasteiger partial charge in [-0.25, -0.2) is 0 Å². The smallest absolute Gasteiger partial charge is 0.225 e. The molecule has 0 aromatic rings. The normalized spacial score (nSPS) is 12.6. The first kappa shape index (κ1) is 27.0. The number of carbonyl (C=O) groups excluding carboxylic acids is 4. The van der Waals surface area contributed by atoms with E-state index in [0.29, 0.717) is 26.4 Å². The van der Waals surface area contributed by atoms with E-state index < -0.39 is 5.92 Å². The second-order valence-corrected chi connectivity index (χ2v) is 8.33. The summed E-state index contributed by atoms with van der Waals surface area (Å²) < 4.78 is 22.3. The zero-order chi connectivity index (χ0) is 24.4. The highest BCUT2D eigenvalue weighted by Crippen LogP contribution is 2.12. The van der Waals surface area contributed by atoms with Gasteiger partial charge in [0.15, 0.2) is 5.78 Å². The van der Waals surface area contributed by atoms with Gasteiger partial charge in [0, 0.05) is 46.5 Å². The molecule has 0 aliphatic rings. The van der Waals surface area contributed by atoms with Crippen LogP contribution in [0.1, 0.15) is 41.4 Å². The van der Waals surface area contributed by atoms with Gasteiger partial charge >= 0.3 is 0 Å². The van der Waals surface area contributed by atoms with Crippen molar-refractivity contribution in [3.63, 3.8) is 0 Å². The molecule has 1 atom stereocenters. The van der Waals surface area contributed by atoms with Gasteiger partial charge in [0.05, 0.1) is 40.3 Å². The lowest BCUT2D eigenvalue weighted by molar-refractivity contribution is -0.131. The maximum atomic E-state index is 12.1. The molecule has 3 amide bonds. The van der Waals surface area contributed by atoms with Gasteiger partial charge in [0.2, 0.25) is 17.7 Å². The van der Waals surface area contributed by atoms with Gasteiger partial charge in [-0.2, -0.15) is 0 Å². The lowest BCUT2D eigenvalue weighted by Gasteiger charge is -2.17. The standard InChI is InChI=1S/C21H39N3O7/c1-21(2,3)15-31-10-7-19(27)22-8-6-18(26)24-13-17(25)12-16(14-30-5)20(28)23-9-11-29-4/h16H,6-15H2,1-5H3,(H,22,27)(H,23,28)(H,24,26)/i5D. The van der Waals surface area contributed by atoms with Gasteiger partial charge in [0.25, 0.3) is 0 Å². The Hall–Kier alpha value is -2.04. The minimum atomic E-state index is -0.749. The summed E-state index contributed by atoms with van der Waals surface area (Å²) in [7, 11) is 1.19. The number of rotatable bonds is 17. The average Bonchev–Trinajstić information content (AvgIpc) is 2.72. The fourth-order valence-electron chi connectivity index (χ4n) is 2.37. The van der Waals surface area contributed by atoms with Crippen LogP contribution in [-0.4, -0.2) is 83.8 Å². The van der Waals surface area contributed by atoms with Gasteiger partial charge in [-0.05, 0) is 5.41 Å². The second-order valence-electron chi connectivity index (χ2n) is 8.33. The van der Waals surface area contributed by atoms with Gasteiger partial charge in [-0.1, -0.05) is 20.8 Å². The van der Waals surface area contributed by atoms with E-state index in [1.54, 1.807) is 0 Å². The molecule has 0 fully saturated rings. The van der Waals surface area contributed by atoms with Crippen molar-refractivity contribution in [3.05, 3.63) is 0 Å². The second kappa shape index (κ2) is 16.6. The fourth-order valence-corrected chi connectivity index (χ4v) is 2.37. The Kier molecular flexibility index (Phi) is 14.5. The van der Waals surface area contributed by atoms with Crippen molar-refractivity contribution in [1.29, 1.82) is 0 Å². The Balaban J connectivity index is 4.11. The van der Waals surface area contributed by atoms with E-state index >= 15 is 0 Å². The molecule has 10 heteroatoms. The van der Waals surface area contributed by atoms with E-state index in [1.807, 2.05) is 20.8 Å². The lowest BCUT2D eigenvalue weighted by Crippen LogP contribution is -2.38. The maximum absolute atomic E-state index is 12.1. The third kappa shape index (κ3) is 17.3. The summed E-state index contributed by atoms with van der Waals surface area (Å²) in [6.07, 6.45) is 0.125. The van der Waals surface area contributed by atoms with E-state index in [-0.39, 0.29) is 75.0 Å². The van der Waals surface area contributed by atoms with Crippen molar-refractivity contribution in [2.75, 3.05) is 60.3 Å². The molecule has 1 unspecified atom stereocenters. The third-order valence-corrected chi connectivity index (χ3v) is 3.93. The topological polar surface area (TPSA) is 132 Å². The summed E-state index contributed by atoms with van der Waals surface area (Å²) in [6, 6.07) is 0. The van der Waals surface area contributed by atoms with Crippen molar-refractivity contribution in [2.24, 2.45) is 11.3 Å². The summed E-state index contributed by atoms with van der Waals surface area (Å²) in [5, 5.41) is 7.75. The minimum Gasteiger partial charge on any atom is -0.384 e. The van der Waals surface area contributed by atoms with Crippen LogP contribution in [0.15, 0.2) is 0 Å². The first-order valence-corrected chi connectivity index (χ1v) is 10.4. The van der Waals surface area contributed by atoms with Crippen LogP contribution in [0.5, 0.6) is 0 Å². The third-order valence-electron chi connectivity index (χ3n) is 3.93. The van der Waals surface area contributed by atoms with Crippen LogP contribution in [0, 0.1) is 11.3 Å². The Labute approximate surface area is 186 Å². The van der Waals surface area contributed by atoms with E-state index in [1.165, 1.54) is 7.11 Å². The van der Waals surface area contributed by atoms with Crippen molar-refractivity contribution in [1.82, 2.24) is 16.0 Å². The highest BCUT2D eigenvalue weighted by molar-refractivity contribution is 5.90. The molecule has 31 heavy (non-hydrogen) atoms. The van der Waals surface area contributed by atoms with Crippen LogP contribution >= 0.6 is 0 Å². The molecular weight excluding hydrogens is 406 g/mol. The predicted octanol–water partition coefficient (Wildman–Crippen LogP) is 0.0461. The number of ether oxygens (including phenoxy) is 3. The number of nitrogens with one attached hydrogen (secondary N) is 3. The zero-order valence-electron chi connectivity index (χ0n) is 20.2. The molecule has 0 saturated heterocycles. The van der Waals surface area contributed by atoms with E-state index in [4.69, 9.17) is 15.6 Å². The molecule has 0 rings (SSSR count). The van der Waals surface area contributed by atoms with Crippen LogP contribution in [-0.2, 0) is 33.4 Å². The van der Waals surface area contributed by atoms with E-state index in [9.17, 15) is 19.2 Å². The maximum Gasteiger partial charge on any atom is 0.225 e. The Morgan fingerprint density at radius 3 is 2.29 bits per heavy atom. The van der Waals surface area contributed by atoms with Crippen LogP contribution in [0.3, 0.4) is 0 Å². The zero-order valence-corrected chi connectivity index (χ0v) is 19.2. The summed E-state index contributed by atoms with van der Waals surface area (Å²) >= 11 is 0. The summed E-state index contributed by atoms with van der Waals surface area (Å²) in [5.74, 6) is -2.05. The predicted molar refractivity (Wildman–Crippen MR) is 115 cm³/mol. The van der Waals surface area contributed by atoms with Gasteiger partial charge in [-0.3, -0.25) is 19.2 Å². The van der Waals surface area contributed by atoms with E-state index in [2.05, 4.69) is 16.0 Å². The van der Waals surface area contributed by atoms with Crippen LogP contribution in [0.25, 0.3) is 0 Å². The van der Waals surface area contributed by atoms with Crippen LogP contribution in [0.2, 0.25) is 0 Å². The Morgan fingerprint density at radius 2 is 1.65 bits per heavy atom. The molecule has 0 heterocycles.